The molecule has 2 aromatic carbocycles. The molecule has 2 N–H and O–H groups in total. The first-order valence-electron chi connectivity index (χ1n) is 10.9. The number of para-hydroxylation sites is 2. The highest BCUT2D eigenvalue weighted by Gasteiger charge is 2.20. The summed E-state index contributed by atoms with van der Waals surface area (Å²) < 4.78 is 28.3. The Kier molecular flexibility index (Phi) is 7.47. The van der Waals surface area contributed by atoms with Gasteiger partial charge in [-0.05, 0) is 42.1 Å². The zero-order valence-electron chi connectivity index (χ0n) is 18.3. The largest absolute Gasteiger partial charge is 0.369 e. The van der Waals surface area contributed by atoms with Gasteiger partial charge >= 0.3 is 0 Å². The van der Waals surface area contributed by atoms with Crippen LogP contribution in [-0.2, 0) is 16.6 Å². The van der Waals surface area contributed by atoms with Crippen molar-refractivity contribution >= 4 is 32.7 Å². The number of anilines is 2. The molecule has 0 spiro atoms. The monoisotopic (exact) mass is 470 g/mol. The van der Waals surface area contributed by atoms with Crippen LogP contribution in [0.4, 0.5) is 11.4 Å². The summed E-state index contributed by atoms with van der Waals surface area (Å²) in [4.78, 5) is 4.92. The second kappa shape index (κ2) is 10.5. The second-order valence-corrected chi connectivity index (χ2v) is 11.0. The molecule has 0 radical (unpaired) electrons. The van der Waals surface area contributed by atoms with Crippen molar-refractivity contribution in [2.75, 3.05) is 42.3 Å². The Morgan fingerprint density at radius 3 is 2.38 bits per heavy atom. The third kappa shape index (κ3) is 5.89. The van der Waals surface area contributed by atoms with E-state index in [0.29, 0.717) is 22.5 Å². The minimum Gasteiger partial charge on any atom is -0.369 e. The SMILES string of the molecule is CC(CN1CCN(c2ccccc2)CC1)NCc1ccccc1NS(=O)(=O)c1cccs1. The predicted molar refractivity (Wildman–Crippen MR) is 133 cm³/mol. The summed E-state index contributed by atoms with van der Waals surface area (Å²) in [5.74, 6) is 0. The van der Waals surface area contributed by atoms with Gasteiger partial charge in [0.1, 0.15) is 4.21 Å². The van der Waals surface area contributed by atoms with Gasteiger partial charge in [-0.3, -0.25) is 9.62 Å². The highest BCUT2D eigenvalue weighted by atomic mass is 32.2. The fraction of sp³-hybridized carbons (Fsp3) is 0.333. The van der Waals surface area contributed by atoms with Crippen LogP contribution in [-0.4, -0.2) is 52.1 Å². The molecule has 170 valence electrons. The predicted octanol–water partition coefficient (Wildman–Crippen LogP) is 3.85. The van der Waals surface area contributed by atoms with Crippen LogP contribution in [0.2, 0.25) is 0 Å². The van der Waals surface area contributed by atoms with Crippen molar-refractivity contribution in [2.24, 2.45) is 0 Å². The number of nitrogens with zero attached hydrogens (tertiary/aromatic N) is 2. The summed E-state index contributed by atoms with van der Waals surface area (Å²) in [5, 5.41) is 5.33. The Balaban J connectivity index is 1.28. The van der Waals surface area contributed by atoms with E-state index in [0.717, 1.165) is 38.3 Å². The molecule has 1 aliphatic heterocycles. The van der Waals surface area contributed by atoms with Crippen LogP contribution in [0.3, 0.4) is 0 Å². The van der Waals surface area contributed by atoms with Crippen LogP contribution in [0.25, 0.3) is 0 Å². The summed E-state index contributed by atoms with van der Waals surface area (Å²) in [6.07, 6.45) is 0. The number of benzene rings is 2. The van der Waals surface area contributed by atoms with Crippen LogP contribution in [0, 0.1) is 0 Å². The van der Waals surface area contributed by atoms with Gasteiger partial charge in [0.2, 0.25) is 0 Å². The van der Waals surface area contributed by atoms with Gasteiger partial charge < -0.3 is 10.2 Å². The minimum absolute atomic E-state index is 0.292. The van der Waals surface area contributed by atoms with Crippen LogP contribution in [0.1, 0.15) is 12.5 Å². The van der Waals surface area contributed by atoms with Crippen molar-refractivity contribution in [1.82, 2.24) is 10.2 Å². The highest BCUT2D eigenvalue weighted by Crippen LogP contribution is 2.23. The third-order valence-electron chi connectivity index (χ3n) is 5.69. The van der Waals surface area contributed by atoms with Crippen molar-refractivity contribution in [3.05, 3.63) is 77.7 Å². The smallest absolute Gasteiger partial charge is 0.271 e. The minimum atomic E-state index is -3.55. The standard InChI is InChI=1S/C24H30N4O2S2/c1-20(19-27-13-15-28(16-14-27)22-9-3-2-4-10-22)25-18-21-8-5-6-11-23(21)26-32(29,30)24-12-7-17-31-24/h2-12,17,20,25-26H,13-16,18-19H2,1H3. The fourth-order valence-electron chi connectivity index (χ4n) is 3.95. The molecule has 1 atom stereocenters. The lowest BCUT2D eigenvalue weighted by atomic mass is 10.1. The Morgan fingerprint density at radius 2 is 1.66 bits per heavy atom. The Hall–Kier alpha value is -2.39. The molecule has 8 heteroatoms. The number of rotatable bonds is 9. The van der Waals surface area contributed by atoms with E-state index in [1.54, 1.807) is 17.5 Å². The Morgan fingerprint density at radius 1 is 0.938 bits per heavy atom. The first-order chi connectivity index (χ1) is 15.5. The maximum Gasteiger partial charge on any atom is 0.271 e. The summed E-state index contributed by atoms with van der Waals surface area (Å²) in [6, 6.07) is 21.8. The van der Waals surface area contributed by atoms with E-state index >= 15 is 0 Å². The average Bonchev–Trinajstić information content (AvgIpc) is 3.36. The fourth-order valence-corrected chi connectivity index (χ4v) is 6.04. The van der Waals surface area contributed by atoms with Crippen molar-refractivity contribution in [2.45, 2.75) is 23.7 Å². The molecule has 1 saturated heterocycles. The molecule has 6 nitrogen and oxygen atoms in total. The van der Waals surface area contributed by atoms with Crippen molar-refractivity contribution in [1.29, 1.82) is 0 Å². The molecule has 1 fully saturated rings. The van der Waals surface area contributed by atoms with E-state index in [1.807, 2.05) is 24.3 Å². The number of nitrogens with one attached hydrogen (secondary N) is 2. The lowest BCUT2D eigenvalue weighted by Gasteiger charge is -2.37. The quantitative estimate of drug-likeness (QED) is 0.497. The van der Waals surface area contributed by atoms with Gasteiger partial charge in [0.25, 0.3) is 10.0 Å². The van der Waals surface area contributed by atoms with Gasteiger partial charge in [0.05, 0.1) is 5.69 Å². The molecule has 1 aromatic heterocycles. The van der Waals surface area contributed by atoms with Gasteiger partial charge in [-0.25, -0.2) is 8.42 Å². The number of piperazine rings is 1. The molecule has 2 heterocycles. The van der Waals surface area contributed by atoms with Crippen LogP contribution >= 0.6 is 11.3 Å². The molecule has 32 heavy (non-hydrogen) atoms. The van der Waals surface area contributed by atoms with Gasteiger partial charge in [-0.1, -0.05) is 42.5 Å². The van der Waals surface area contributed by atoms with Gasteiger partial charge in [-0.15, -0.1) is 11.3 Å². The van der Waals surface area contributed by atoms with Crippen molar-refractivity contribution in [3.63, 3.8) is 0 Å². The summed E-state index contributed by atoms with van der Waals surface area (Å²) in [7, 11) is -3.55. The number of hydrogen-bond acceptors (Lipinski definition) is 6. The first-order valence-corrected chi connectivity index (χ1v) is 13.3. The Bertz CT molecular complexity index is 1080. The van der Waals surface area contributed by atoms with Crippen molar-refractivity contribution < 1.29 is 8.42 Å². The number of thiophene rings is 1. The molecule has 4 rings (SSSR count). The molecule has 0 amide bonds. The summed E-state index contributed by atoms with van der Waals surface area (Å²) >= 11 is 1.22. The molecular weight excluding hydrogens is 440 g/mol. The van der Waals surface area contributed by atoms with E-state index in [9.17, 15) is 8.42 Å². The Labute approximate surface area is 194 Å². The van der Waals surface area contributed by atoms with E-state index < -0.39 is 10.0 Å². The molecular formula is C24H30N4O2S2. The topological polar surface area (TPSA) is 64.7 Å². The molecule has 3 aromatic rings. The third-order valence-corrected chi connectivity index (χ3v) is 8.45. The van der Waals surface area contributed by atoms with Crippen LogP contribution in [0.15, 0.2) is 76.3 Å². The van der Waals surface area contributed by atoms with Gasteiger partial charge in [0, 0.05) is 51.0 Å². The zero-order chi connectivity index (χ0) is 22.4. The van der Waals surface area contributed by atoms with E-state index in [1.165, 1.54) is 17.0 Å². The van der Waals surface area contributed by atoms with E-state index in [4.69, 9.17) is 0 Å². The lowest BCUT2D eigenvalue weighted by molar-refractivity contribution is 0.233. The van der Waals surface area contributed by atoms with Crippen LogP contribution < -0.4 is 14.9 Å². The number of sulfonamides is 1. The normalized spacial score (nSPS) is 16.1. The molecule has 0 aliphatic carbocycles. The van der Waals surface area contributed by atoms with Crippen LogP contribution in [0.5, 0.6) is 0 Å². The number of hydrogen-bond donors (Lipinski definition) is 2. The first kappa shape index (κ1) is 22.8. The van der Waals surface area contributed by atoms with E-state index in [-0.39, 0.29) is 0 Å². The van der Waals surface area contributed by atoms with E-state index in [2.05, 4.69) is 57.1 Å². The zero-order valence-corrected chi connectivity index (χ0v) is 19.9. The van der Waals surface area contributed by atoms with Gasteiger partial charge in [0.15, 0.2) is 0 Å². The summed E-state index contributed by atoms with van der Waals surface area (Å²) in [6.45, 7) is 7.90. The van der Waals surface area contributed by atoms with Gasteiger partial charge in [-0.2, -0.15) is 0 Å². The summed E-state index contributed by atoms with van der Waals surface area (Å²) in [5.41, 5.74) is 2.85. The lowest BCUT2D eigenvalue weighted by Crippen LogP contribution is -2.50. The second-order valence-electron chi connectivity index (χ2n) is 8.10. The van der Waals surface area contributed by atoms with Crippen molar-refractivity contribution in [3.8, 4) is 0 Å². The average molecular weight is 471 g/mol. The maximum absolute atomic E-state index is 12.6. The molecule has 1 aliphatic rings. The molecule has 0 saturated carbocycles. The highest BCUT2D eigenvalue weighted by molar-refractivity contribution is 7.94. The molecule has 1 unspecified atom stereocenters. The molecule has 0 bridgehead atoms. The maximum atomic E-state index is 12.6.